The van der Waals surface area contributed by atoms with E-state index in [-0.39, 0.29) is 34.1 Å². The van der Waals surface area contributed by atoms with E-state index in [0.717, 1.165) is 6.07 Å². The Morgan fingerprint density at radius 2 is 1.68 bits per heavy atom. The molecule has 204 valence electrons. The second-order valence-electron chi connectivity index (χ2n) is 8.59. The minimum atomic E-state index is -1.84. The van der Waals surface area contributed by atoms with Crippen LogP contribution in [0, 0.1) is 0 Å². The number of esters is 1. The van der Waals surface area contributed by atoms with Gasteiger partial charge in [0.25, 0.3) is 11.9 Å². The van der Waals surface area contributed by atoms with E-state index in [2.05, 4.69) is 4.74 Å². The van der Waals surface area contributed by atoms with E-state index >= 15 is 0 Å². The number of rotatable bonds is 7. The quantitative estimate of drug-likeness (QED) is 0.0910. The number of carboxylic acids is 1. The summed E-state index contributed by atoms with van der Waals surface area (Å²) in [5.74, 6) is -4.35. The van der Waals surface area contributed by atoms with Crippen molar-refractivity contribution in [2.24, 2.45) is 0 Å². The third kappa shape index (κ3) is 5.52. The number of aliphatic carboxylic acids is 1. The number of carboxylic acid groups (broad SMARTS) is 1. The number of carbonyl (C=O) groups excluding carboxylic acids is 2. The van der Waals surface area contributed by atoms with Crippen LogP contribution in [0.25, 0.3) is 6.08 Å². The summed E-state index contributed by atoms with van der Waals surface area (Å²) in [6, 6.07) is 6.10. The second-order valence-corrected chi connectivity index (χ2v) is 8.59. The Morgan fingerprint density at radius 3 is 2.37 bits per heavy atom. The topological polar surface area (TPSA) is 239 Å². The molecular formula is C24H24O14. The maximum Gasteiger partial charge on any atom is 0.311 e. The van der Waals surface area contributed by atoms with Crippen molar-refractivity contribution in [1.29, 1.82) is 0 Å². The molecule has 14 heteroatoms. The van der Waals surface area contributed by atoms with E-state index in [1.54, 1.807) is 0 Å². The van der Waals surface area contributed by atoms with E-state index in [1.807, 2.05) is 0 Å². The summed E-state index contributed by atoms with van der Waals surface area (Å²) in [7, 11) is 0. The van der Waals surface area contributed by atoms with Crippen molar-refractivity contribution < 1.29 is 69.4 Å². The number of carbonyl (C=O) groups is 2. The van der Waals surface area contributed by atoms with Gasteiger partial charge in [-0.2, -0.15) is 0 Å². The van der Waals surface area contributed by atoms with Crippen molar-refractivity contribution in [3.8, 4) is 28.7 Å². The number of phenolic OH excluding ortho intramolecular Hbond substituents is 4. The third-order valence-electron chi connectivity index (χ3n) is 5.88. The highest BCUT2D eigenvalue weighted by atomic mass is 16.7. The van der Waals surface area contributed by atoms with Crippen LogP contribution in [-0.4, -0.2) is 89.7 Å². The monoisotopic (exact) mass is 536 g/mol. The first-order valence-electron chi connectivity index (χ1n) is 11.2. The van der Waals surface area contributed by atoms with Gasteiger partial charge >= 0.3 is 5.97 Å². The van der Waals surface area contributed by atoms with Gasteiger partial charge in [0.2, 0.25) is 6.29 Å². The van der Waals surface area contributed by atoms with Gasteiger partial charge in [-0.05, 0) is 18.2 Å². The van der Waals surface area contributed by atoms with Gasteiger partial charge in [-0.25, -0.2) is 0 Å². The highest BCUT2D eigenvalue weighted by Gasteiger charge is 2.47. The standard InChI is InChI=1S/C24H24O14/c25-10-4-13(27)11-6-16(23(36-15(11)5-10)9-1-2-12(26)14(28)3-9)37-24-22(34)21(33)20(32)17(38-24)8-35-19(31)7-18(29)30/h1-6,17,20-28,32-34H,7-8H2,(H,29,30)/t17-,20-,21+,22-,23?,24-/m1/s1. The molecule has 0 bridgehead atoms. The Labute approximate surface area is 213 Å². The van der Waals surface area contributed by atoms with Crippen LogP contribution in [0.15, 0.2) is 36.1 Å². The average molecular weight is 536 g/mol. The predicted molar refractivity (Wildman–Crippen MR) is 120 cm³/mol. The molecule has 8 N–H and O–H groups in total. The summed E-state index contributed by atoms with van der Waals surface area (Å²) in [6.45, 7) is -0.696. The van der Waals surface area contributed by atoms with Crippen LogP contribution in [0.3, 0.4) is 0 Å². The number of phenols is 4. The molecule has 0 amide bonds. The summed E-state index contributed by atoms with van der Waals surface area (Å²) in [6.07, 6.45) is -9.36. The lowest BCUT2D eigenvalue weighted by Gasteiger charge is -2.40. The van der Waals surface area contributed by atoms with E-state index in [0.29, 0.717) is 0 Å². The average Bonchev–Trinajstić information content (AvgIpc) is 2.84. The summed E-state index contributed by atoms with van der Waals surface area (Å²) in [4.78, 5) is 22.1. The third-order valence-corrected chi connectivity index (χ3v) is 5.88. The fourth-order valence-electron chi connectivity index (χ4n) is 3.96. The smallest absolute Gasteiger partial charge is 0.311 e. The Balaban J connectivity index is 1.63. The number of aliphatic hydroxyl groups excluding tert-OH is 3. The molecule has 4 rings (SSSR count). The number of ether oxygens (including phenoxy) is 4. The first kappa shape index (κ1) is 26.8. The van der Waals surface area contributed by atoms with Gasteiger partial charge < -0.3 is 64.6 Å². The maximum atomic E-state index is 11.5. The molecule has 1 fully saturated rings. The van der Waals surface area contributed by atoms with Gasteiger partial charge in [-0.1, -0.05) is 0 Å². The first-order chi connectivity index (χ1) is 17.9. The number of hydrogen-bond donors (Lipinski definition) is 7. The van der Waals surface area contributed by atoms with Gasteiger partial charge in [0.05, 0.1) is 24.0 Å². The molecule has 0 aromatic heterocycles. The Morgan fingerprint density at radius 1 is 0.947 bits per heavy atom. The Bertz CT molecular complexity index is 1260. The molecule has 1 saturated heterocycles. The minimum absolute atomic E-state index is 0.0797. The van der Waals surface area contributed by atoms with Crippen LogP contribution in [0.5, 0.6) is 28.7 Å². The first-order valence-corrected chi connectivity index (χ1v) is 11.2. The molecule has 1 unspecified atom stereocenters. The molecular weight excluding hydrogens is 512 g/mol. The minimum Gasteiger partial charge on any atom is -0.571 e. The highest BCUT2D eigenvalue weighted by Crippen LogP contribution is 2.46. The van der Waals surface area contributed by atoms with Crippen LogP contribution in [0.2, 0.25) is 0 Å². The Hall–Kier alpha value is -4.24. The van der Waals surface area contributed by atoms with Gasteiger partial charge in [-0.3, -0.25) is 4.79 Å². The molecule has 2 aromatic rings. The lowest BCUT2D eigenvalue weighted by Crippen LogP contribution is -2.59. The van der Waals surface area contributed by atoms with Crippen LogP contribution in [-0.2, 0) is 23.8 Å². The van der Waals surface area contributed by atoms with Gasteiger partial charge in [0, 0.05) is 12.1 Å². The molecule has 2 aliphatic heterocycles. The van der Waals surface area contributed by atoms with Crippen molar-refractivity contribution in [2.45, 2.75) is 43.2 Å². The van der Waals surface area contributed by atoms with E-state index < -0.39 is 73.3 Å². The molecule has 2 aromatic carbocycles. The number of hydrogen-bond acceptors (Lipinski definition) is 13. The zero-order valence-corrected chi connectivity index (χ0v) is 19.4. The summed E-state index contributed by atoms with van der Waals surface area (Å²) in [5.41, 5.74) is 0.398. The number of aliphatic hydroxyl groups is 4. The molecule has 6 atom stereocenters. The second kappa shape index (κ2) is 10.6. The summed E-state index contributed by atoms with van der Waals surface area (Å²) >= 11 is 0. The fraction of sp³-hybridized carbons (Fsp3) is 0.333. The molecule has 14 nitrogen and oxygen atoms in total. The number of fused-ring (bicyclic) bond motifs is 1. The zero-order valence-electron chi connectivity index (χ0n) is 19.4. The van der Waals surface area contributed by atoms with Crippen molar-refractivity contribution in [3.63, 3.8) is 0 Å². The molecule has 0 saturated carbocycles. The summed E-state index contributed by atoms with van der Waals surface area (Å²) in [5, 5.41) is 81.5. The molecule has 0 aliphatic carbocycles. The van der Waals surface area contributed by atoms with Gasteiger partial charge in [-0.15, -0.1) is 0 Å². The highest BCUT2D eigenvalue weighted by molar-refractivity contribution is 5.89. The molecule has 0 spiro atoms. The normalized spacial score (nSPS) is 26.4. The van der Waals surface area contributed by atoms with Gasteiger partial charge in [0.1, 0.15) is 48.1 Å². The van der Waals surface area contributed by atoms with Crippen molar-refractivity contribution in [2.75, 3.05) is 6.61 Å². The van der Waals surface area contributed by atoms with Crippen LogP contribution >= 0.6 is 0 Å². The Kier molecular flexibility index (Phi) is 7.50. The predicted octanol–water partition coefficient (Wildman–Crippen LogP) is -1.65. The molecule has 2 heterocycles. The summed E-state index contributed by atoms with van der Waals surface area (Å²) < 4.78 is 20.5. The fourth-order valence-corrected chi connectivity index (χ4v) is 3.96. The van der Waals surface area contributed by atoms with E-state index in [4.69, 9.17) is 14.2 Å². The lowest BCUT2D eigenvalue weighted by molar-refractivity contribution is -0.306. The van der Waals surface area contributed by atoms with Crippen molar-refractivity contribution in [3.05, 3.63) is 47.2 Å². The molecule has 38 heavy (non-hydrogen) atoms. The SMILES string of the molecule is O=C([O-])CC(=O)OC[C@H]1O[C@@H](OC2=Cc3c(O)cc(O)cc3[OH+]C2c2ccc(O)c(O)c2)[C@H](O)[C@@H](O)[C@@H]1O. The van der Waals surface area contributed by atoms with Crippen LogP contribution in [0.4, 0.5) is 0 Å². The van der Waals surface area contributed by atoms with Gasteiger partial charge in [0.15, 0.2) is 17.3 Å². The van der Waals surface area contributed by atoms with Crippen molar-refractivity contribution >= 4 is 18.0 Å². The molecule has 2 aliphatic rings. The van der Waals surface area contributed by atoms with Crippen LogP contribution in [0.1, 0.15) is 23.7 Å². The lowest BCUT2D eigenvalue weighted by atomic mass is 9.98. The number of aromatic hydroxyl groups is 5. The number of benzene rings is 2. The molecule has 0 radical (unpaired) electrons. The van der Waals surface area contributed by atoms with Crippen molar-refractivity contribution in [1.82, 2.24) is 0 Å². The zero-order chi connectivity index (χ0) is 27.7. The maximum absolute atomic E-state index is 11.5. The largest absolute Gasteiger partial charge is 0.571 e. The van der Waals surface area contributed by atoms with E-state index in [1.165, 1.54) is 30.3 Å². The van der Waals surface area contributed by atoms with Crippen LogP contribution < -0.4 is 5.11 Å². The van der Waals surface area contributed by atoms with E-state index in [9.17, 15) is 50.4 Å².